The molecule has 35 heavy (non-hydrogen) atoms. The van der Waals surface area contributed by atoms with Crippen molar-refractivity contribution in [2.75, 3.05) is 17.6 Å². The lowest BCUT2D eigenvalue weighted by Crippen LogP contribution is -2.42. The molecule has 0 bridgehead atoms. The maximum absolute atomic E-state index is 12.3. The number of aliphatic hydroxyl groups excluding tert-OH is 2. The van der Waals surface area contributed by atoms with Crippen LogP contribution < -0.4 is 10.6 Å². The third-order valence-corrected chi connectivity index (χ3v) is 7.22. The normalized spacial score (nSPS) is 27.8. The van der Waals surface area contributed by atoms with E-state index in [4.69, 9.17) is 9.72 Å². The summed E-state index contributed by atoms with van der Waals surface area (Å²) in [6.45, 7) is 4.22. The molecule has 3 heterocycles. The fourth-order valence-electron chi connectivity index (χ4n) is 4.29. The maximum Gasteiger partial charge on any atom is 0.252 e. The lowest BCUT2D eigenvalue weighted by atomic mass is 10.1. The summed E-state index contributed by atoms with van der Waals surface area (Å²) in [6.07, 6.45) is -3.19. The van der Waals surface area contributed by atoms with Crippen LogP contribution in [0.15, 0.2) is 35.5 Å². The van der Waals surface area contributed by atoms with E-state index in [0.29, 0.717) is 34.6 Å². The molecule has 1 amide bonds. The Bertz CT molecular complexity index is 1190. The number of nitrogens with one attached hydrogen (secondary N) is 2. The first-order chi connectivity index (χ1) is 17.0. The first-order valence-electron chi connectivity index (χ1n) is 11.9. The van der Waals surface area contributed by atoms with Crippen molar-refractivity contribution in [2.24, 2.45) is 0 Å². The van der Waals surface area contributed by atoms with E-state index < -0.39 is 30.4 Å². The topological polar surface area (TPSA) is 147 Å². The smallest absolute Gasteiger partial charge is 0.252 e. The number of hydrogen-bond donors (Lipinski definition) is 4. The van der Waals surface area contributed by atoms with Gasteiger partial charge in [0.15, 0.2) is 34.5 Å². The highest BCUT2D eigenvalue weighted by Crippen LogP contribution is 2.43. The van der Waals surface area contributed by atoms with Crippen molar-refractivity contribution < 1.29 is 19.7 Å². The highest BCUT2D eigenvalue weighted by Gasteiger charge is 2.48. The van der Waals surface area contributed by atoms with E-state index >= 15 is 0 Å². The SMILES string of the molecule is CCCSc1nc(N[C@@H]2C[C@H]2c2ccccc2)c2nnn([C@@H]3O[C@H](C(=O)NCC)[C@@H](O)[C@H]3O)c2n1. The van der Waals surface area contributed by atoms with Crippen LogP contribution in [0, 0.1) is 0 Å². The average Bonchev–Trinajstić information content (AvgIpc) is 3.41. The molecule has 2 aromatic heterocycles. The summed E-state index contributed by atoms with van der Waals surface area (Å²) in [4.78, 5) is 21.6. The van der Waals surface area contributed by atoms with Crippen LogP contribution in [0.2, 0.25) is 0 Å². The van der Waals surface area contributed by atoms with Gasteiger partial charge in [-0.1, -0.05) is 54.2 Å². The quantitative estimate of drug-likeness (QED) is 0.252. The van der Waals surface area contributed by atoms with Crippen LogP contribution in [0.5, 0.6) is 0 Å². The molecule has 6 atom stereocenters. The first kappa shape index (κ1) is 23.9. The zero-order valence-electron chi connectivity index (χ0n) is 19.5. The highest BCUT2D eigenvalue weighted by molar-refractivity contribution is 7.99. The molecule has 1 aliphatic carbocycles. The average molecular weight is 500 g/mol. The summed E-state index contributed by atoms with van der Waals surface area (Å²) < 4.78 is 7.07. The van der Waals surface area contributed by atoms with E-state index in [0.717, 1.165) is 18.6 Å². The number of carbonyl (C=O) groups excluding carboxylic acids is 1. The van der Waals surface area contributed by atoms with Gasteiger partial charge in [0.1, 0.15) is 12.2 Å². The molecule has 1 saturated carbocycles. The minimum atomic E-state index is -1.41. The van der Waals surface area contributed by atoms with Crippen molar-refractivity contribution in [1.82, 2.24) is 30.3 Å². The third kappa shape index (κ3) is 4.70. The van der Waals surface area contributed by atoms with Crippen LogP contribution in [0.25, 0.3) is 11.2 Å². The van der Waals surface area contributed by atoms with Gasteiger partial charge in [-0.25, -0.2) is 9.97 Å². The Morgan fingerprint density at radius 1 is 1.20 bits per heavy atom. The second kappa shape index (κ2) is 10.1. The number of benzene rings is 1. The number of fused-ring (bicyclic) bond motifs is 1. The number of ether oxygens (including phenoxy) is 1. The van der Waals surface area contributed by atoms with Gasteiger partial charge < -0.3 is 25.6 Å². The summed E-state index contributed by atoms with van der Waals surface area (Å²) in [7, 11) is 0. The number of hydrogen-bond acceptors (Lipinski definition) is 10. The third-order valence-electron chi connectivity index (χ3n) is 6.17. The Balaban J connectivity index is 1.45. The van der Waals surface area contributed by atoms with Gasteiger partial charge in [0.2, 0.25) is 0 Å². The van der Waals surface area contributed by atoms with Crippen molar-refractivity contribution in [3.05, 3.63) is 35.9 Å². The van der Waals surface area contributed by atoms with Crippen molar-refractivity contribution in [1.29, 1.82) is 0 Å². The van der Waals surface area contributed by atoms with Crippen LogP contribution in [-0.4, -0.2) is 77.7 Å². The Labute approximate surface area is 206 Å². The summed E-state index contributed by atoms with van der Waals surface area (Å²) in [5, 5.41) is 36.2. The van der Waals surface area contributed by atoms with Crippen molar-refractivity contribution in [3.8, 4) is 0 Å². The number of anilines is 1. The van der Waals surface area contributed by atoms with E-state index in [2.05, 4.69) is 45.0 Å². The predicted molar refractivity (Wildman–Crippen MR) is 130 cm³/mol. The van der Waals surface area contributed by atoms with Crippen molar-refractivity contribution in [3.63, 3.8) is 0 Å². The molecule has 1 saturated heterocycles. The molecule has 5 rings (SSSR count). The maximum atomic E-state index is 12.3. The fourth-order valence-corrected chi connectivity index (χ4v) is 4.99. The lowest BCUT2D eigenvalue weighted by Gasteiger charge is -2.15. The predicted octanol–water partition coefficient (Wildman–Crippen LogP) is 1.45. The number of amides is 1. The van der Waals surface area contributed by atoms with Gasteiger partial charge in [-0.05, 0) is 25.3 Å². The standard InChI is InChI=1S/C23H29N7O4S/c1-3-10-35-23-26-19(25-14-11-13(14)12-8-6-5-7-9-12)15-20(27-23)30(29-28-15)22-17(32)16(31)18(34-22)21(33)24-4-2/h5-9,13-14,16-18,22,31-32H,3-4,10-11H2,1-2H3,(H,24,33)(H,25,26,27)/t13-,14+,16-,17+,18-,22+/m0/s1. The number of rotatable bonds is 9. The monoisotopic (exact) mass is 499 g/mol. The molecule has 186 valence electrons. The Morgan fingerprint density at radius 3 is 2.74 bits per heavy atom. The van der Waals surface area contributed by atoms with Crippen LogP contribution in [0.1, 0.15) is 44.4 Å². The van der Waals surface area contributed by atoms with Crippen LogP contribution in [-0.2, 0) is 9.53 Å². The zero-order chi connectivity index (χ0) is 24.5. The summed E-state index contributed by atoms with van der Waals surface area (Å²) >= 11 is 1.51. The molecule has 4 N–H and O–H groups in total. The number of thioether (sulfide) groups is 1. The fraction of sp³-hybridized carbons (Fsp3) is 0.522. The van der Waals surface area contributed by atoms with Gasteiger partial charge in [0, 0.05) is 24.3 Å². The second-order valence-corrected chi connectivity index (χ2v) is 9.80. The van der Waals surface area contributed by atoms with Gasteiger partial charge in [-0.2, -0.15) is 4.68 Å². The van der Waals surface area contributed by atoms with Crippen molar-refractivity contribution in [2.45, 2.75) is 68.3 Å². The number of likely N-dealkylation sites (N-methyl/N-ethyl adjacent to an activating group) is 1. The van der Waals surface area contributed by atoms with Gasteiger partial charge in [-0.15, -0.1) is 5.10 Å². The number of nitrogens with zero attached hydrogens (tertiary/aromatic N) is 5. The van der Waals surface area contributed by atoms with Crippen molar-refractivity contribution >= 4 is 34.7 Å². The summed E-state index contributed by atoms with van der Waals surface area (Å²) in [5.41, 5.74) is 2.08. The minimum absolute atomic E-state index is 0.210. The van der Waals surface area contributed by atoms with Gasteiger partial charge >= 0.3 is 0 Å². The van der Waals surface area contributed by atoms with E-state index in [1.165, 1.54) is 22.0 Å². The molecule has 1 aromatic carbocycles. The van der Waals surface area contributed by atoms with E-state index in [9.17, 15) is 15.0 Å². The van der Waals surface area contributed by atoms with Gasteiger partial charge in [0.05, 0.1) is 0 Å². The molecule has 0 spiro atoms. The first-order valence-corrected chi connectivity index (χ1v) is 12.9. The molecule has 11 nitrogen and oxygen atoms in total. The molecule has 1 aliphatic heterocycles. The second-order valence-electron chi connectivity index (χ2n) is 8.74. The molecule has 12 heteroatoms. The molecule has 0 unspecified atom stereocenters. The molecule has 3 aromatic rings. The van der Waals surface area contributed by atoms with Crippen LogP contribution in [0.4, 0.5) is 5.82 Å². The molecule has 0 radical (unpaired) electrons. The Hall–Kier alpha value is -2.80. The Morgan fingerprint density at radius 2 is 2.00 bits per heavy atom. The lowest BCUT2D eigenvalue weighted by molar-refractivity contribution is -0.137. The largest absolute Gasteiger partial charge is 0.387 e. The van der Waals surface area contributed by atoms with E-state index in [-0.39, 0.29) is 6.04 Å². The Kier molecular flexibility index (Phi) is 6.87. The van der Waals surface area contributed by atoms with Crippen LogP contribution in [0.3, 0.4) is 0 Å². The number of aromatic nitrogens is 5. The number of carbonyl (C=O) groups is 1. The zero-order valence-corrected chi connectivity index (χ0v) is 20.4. The summed E-state index contributed by atoms with van der Waals surface area (Å²) in [6, 6.07) is 10.5. The van der Waals surface area contributed by atoms with E-state index in [1.807, 2.05) is 18.2 Å². The molecular formula is C23H29N7O4S. The molecular weight excluding hydrogens is 470 g/mol. The number of aliphatic hydroxyl groups is 2. The highest BCUT2D eigenvalue weighted by atomic mass is 32.2. The minimum Gasteiger partial charge on any atom is -0.387 e. The molecule has 2 fully saturated rings. The van der Waals surface area contributed by atoms with E-state index in [1.54, 1.807) is 6.92 Å². The van der Waals surface area contributed by atoms with Gasteiger partial charge in [0.25, 0.3) is 5.91 Å². The van der Waals surface area contributed by atoms with Gasteiger partial charge in [-0.3, -0.25) is 4.79 Å². The summed E-state index contributed by atoms with van der Waals surface area (Å²) in [5.74, 6) is 1.29. The molecule has 2 aliphatic rings. The van der Waals surface area contributed by atoms with Crippen LogP contribution >= 0.6 is 11.8 Å².